The van der Waals surface area contributed by atoms with Crippen LogP contribution in [-0.2, 0) is 21.4 Å². The van der Waals surface area contributed by atoms with Crippen LogP contribution in [0.4, 0.5) is 0 Å². The van der Waals surface area contributed by atoms with Crippen LogP contribution >= 0.6 is 23.1 Å². The van der Waals surface area contributed by atoms with E-state index in [-0.39, 0.29) is 22.6 Å². The van der Waals surface area contributed by atoms with Crippen LogP contribution in [0.3, 0.4) is 0 Å². The molecule has 0 aliphatic carbocycles. The van der Waals surface area contributed by atoms with Crippen molar-refractivity contribution >= 4 is 50.0 Å². The molecule has 0 saturated heterocycles. The van der Waals surface area contributed by atoms with E-state index in [1.165, 1.54) is 18.0 Å². The number of fused-ring (bicyclic) bond motifs is 1. The second-order valence-corrected chi connectivity index (χ2v) is 16.4. The molecule has 242 valence electrons. The zero-order valence-electron chi connectivity index (χ0n) is 26.7. The van der Waals surface area contributed by atoms with Gasteiger partial charge in [0.05, 0.1) is 27.2 Å². The van der Waals surface area contributed by atoms with E-state index in [1.807, 2.05) is 11.8 Å². The molecule has 1 amide bonds. The van der Waals surface area contributed by atoms with Crippen LogP contribution in [0.1, 0.15) is 64.6 Å². The van der Waals surface area contributed by atoms with Crippen LogP contribution in [0.5, 0.6) is 0 Å². The van der Waals surface area contributed by atoms with Crippen LogP contribution in [0, 0.1) is 18.8 Å². The van der Waals surface area contributed by atoms with Gasteiger partial charge in [-0.3, -0.25) is 9.69 Å². The number of sulfonamides is 1. The number of aryl methyl sites for hydroxylation is 1. The summed E-state index contributed by atoms with van der Waals surface area (Å²) in [5.41, 5.74) is 2.87. The number of unbranched alkanes of at least 4 members (excludes halogenated alkanes) is 1. The van der Waals surface area contributed by atoms with Gasteiger partial charge in [0.1, 0.15) is 11.6 Å². The van der Waals surface area contributed by atoms with Crippen LogP contribution in [-0.4, -0.2) is 66.7 Å². The summed E-state index contributed by atoms with van der Waals surface area (Å²) in [5.74, 6) is 0.364. The monoisotopic (exact) mass is 661 g/mol. The first-order valence-electron chi connectivity index (χ1n) is 15.4. The van der Waals surface area contributed by atoms with E-state index in [0.717, 1.165) is 36.8 Å². The van der Waals surface area contributed by atoms with E-state index < -0.39 is 16.1 Å². The Kier molecular flexibility index (Phi) is 12.3. The highest BCUT2D eigenvalue weighted by atomic mass is 32.2. The van der Waals surface area contributed by atoms with Gasteiger partial charge in [-0.15, -0.1) is 23.1 Å². The minimum Gasteiger partial charge on any atom is -0.464 e. The number of nitrogens with one attached hydrogen (secondary N) is 2. The van der Waals surface area contributed by atoms with Crippen molar-refractivity contribution < 1.29 is 17.6 Å². The summed E-state index contributed by atoms with van der Waals surface area (Å²) in [6, 6.07) is 5.64. The molecule has 0 saturated carbocycles. The Morgan fingerprint density at radius 2 is 1.86 bits per heavy atom. The van der Waals surface area contributed by atoms with Crippen molar-refractivity contribution in [3.05, 3.63) is 57.7 Å². The van der Waals surface area contributed by atoms with E-state index in [1.54, 1.807) is 41.3 Å². The van der Waals surface area contributed by atoms with Gasteiger partial charge in [0.2, 0.25) is 15.9 Å². The third-order valence-electron chi connectivity index (χ3n) is 7.28. The Morgan fingerprint density at radius 1 is 1.11 bits per heavy atom. The standard InChI is InChI=1S/C32H47N5O4S3/c1-22(2)16-37(17-23(3)4)32(38)30(35-44(39,40)29-10-11-31-26(15-29)12-14-41-31)9-7-8-13-36(18-27-20-42-24(5)33-27)19-28-21-43-25(6)34-28/h10-12,14-15,20-24,30,33,35H,7-9,13,16-19H2,1-6H3/t24?,30-/m0/s1. The first-order valence-corrected chi connectivity index (χ1v) is 18.7. The SMILES string of the molecule is Cc1nc(CN(CCCC[C@H](NS(=O)(=O)c2ccc3occc3c2)C(=O)N(CC(C)C)CC(C)C)CC2=CSC(C)N2)cs1. The summed E-state index contributed by atoms with van der Waals surface area (Å²) < 4.78 is 35.4. The molecule has 3 heterocycles. The molecule has 0 radical (unpaired) electrons. The predicted octanol–water partition coefficient (Wildman–Crippen LogP) is 6.18. The molecule has 1 aromatic carbocycles. The number of carbonyl (C=O) groups excluding carboxylic acids is 1. The molecule has 9 nitrogen and oxygen atoms in total. The Morgan fingerprint density at radius 3 is 2.50 bits per heavy atom. The molecule has 2 N–H and O–H groups in total. The molecule has 1 unspecified atom stereocenters. The Hall–Kier alpha value is -2.38. The summed E-state index contributed by atoms with van der Waals surface area (Å²) in [7, 11) is -3.95. The van der Waals surface area contributed by atoms with Gasteiger partial charge in [0.25, 0.3) is 0 Å². The molecule has 0 spiro atoms. The number of hydrogen-bond acceptors (Lipinski definition) is 9. The Bertz CT molecular complexity index is 1500. The number of carbonyl (C=O) groups is 1. The molecule has 4 rings (SSSR count). The molecule has 0 fully saturated rings. The number of benzene rings is 1. The maximum Gasteiger partial charge on any atom is 0.241 e. The topological polar surface area (TPSA) is 108 Å². The Labute approximate surface area is 270 Å². The van der Waals surface area contributed by atoms with E-state index in [9.17, 15) is 13.2 Å². The van der Waals surface area contributed by atoms with Crippen molar-refractivity contribution in [2.24, 2.45) is 11.8 Å². The summed E-state index contributed by atoms with van der Waals surface area (Å²) >= 11 is 3.44. The molecule has 1 aliphatic heterocycles. The van der Waals surface area contributed by atoms with Crippen molar-refractivity contribution in [1.29, 1.82) is 0 Å². The zero-order valence-corrected chi connectivity index (χ0v) is 29.2. The third kappa shape index (κ3) is 10.1. The lowest BCUT2D eigenvalue weighted by molar-refractivity contribution is -0.134. The number of thiazole rings is 1. The lowest BCUT2D eigenvalue weighted by Gasteiger charge is -2.31. The van der Waals surface area contributed by atoms with Crippen LogP contribution in [0.25, 0.3) is 11.0 Å². The van der Waals surface area contributed by atoms with Gasteiger partial charge in [-0.1, -0.05) is 34.1 Å². The average Bonchev–Trinajstić information content (AvgIpc) is 3.69. The van der Waals surface area contributed by atoms with Crippen molar-refractivity contribution in [2.75, 3.05) is 26.2 Å². The lowest BCUT2D eigenvalue weighted by atomic mass is 10.1. The fourth-order valence-corrected chi connectivity index (χ4v) is 7.99. The maximum absolute atomic E-state index is 14.0. The molecule has 12 heteroatoms. The van der Waals surface area contributed by atoms with Crippen LogP contribution in [0.2, 0.25) is 0 Å². The smallest absolute Gasteiger partial charge is 0.241 e. The van der Waals surface area contributed by atoms with E-state index in [2.05, 4.69) is 65.3 Å². The highest BCUT2D eigenvalue weighted by Gasteiger charge is 2.30. The largest absolute Gasteiger partial charge is 0.464 e. The van der Waals surface area contributed by atoms with E-state index >= 15 is 0 Å². The zero-order chi connectivity index (χ0) is 31.9. The minimum absolute atomic E-state index is 0.123. The number of hydrogen-bond donors (Lipinski definition) is 2. The van der Waals surface area contributed by atoms with Gasteiger partial charge in [-0.05, 0) is 74.7 Å². The van der Waals surface area contributed by atoms with E-state index in [0.29, 0.717) is 42.3 Å². The lowest BCUT2D eigenvalue weighted by Crippen LogP contribution is -2.50. The molecular weight excluding hydrogens is 615 g/mol. The van der Waals surface area contributed by atoms with Crippen LogP contribution in [0.15, 0.2) is 56.3 Å². The van der Waals surface area contributed by atoms with E-state index in [4.69, 9.17) is 4.42 Å². The molecule has 1 aliphatic rings. The normalized spacial score (nSPS) is 16.2. The maximum atomic E-state index is 14.0. The van der Waals surface area contributed by atoms with Gasteiger partial charge < -0.3 is 14.6 Å². The molecular formula is C32H47N5O4S3. The first-order chi connectivity index (χ1) is 20.9. The van der Waals surface area contributed by atoms with Crippen molar-refractivity contribution in [1.82, 2.24) is 24.8 Å². The predicted molar refractivity (Wildman–Crippen MR) is 181 cm³/mol. The summed E-state index contributed by atoms with van der Waals surface area (Å²) in [6.45, 7) is 16.0. The van der Waals surface area contributed by atoms with Gasteiger partial charge in [0.15, 0.2) is 0 Å². The number of furan rings is 1. The number of thioether (sulfide) groups is 1. The highest BCUT2D eigenvalue weighted by molar-refractivity contribution is 8.02. The summed E-state index contributed by atoms with van der Waals surface area (Å²) in [4.78, 5) is 23.0. The molecule has 44 heavy (non-hydrogen) atoms. The quantitative estimate of drug-likeness (QED) is 0.165. The average molecular weight is 662 g/mol. The molecule has 3 aromatic rings. The highest BCUT2D eigenvalue weighted by Crippen LogP contribution is 2.23. The Balaban J connectivity index is 1.47. The first kappa shape index (κ1) is 34.5. The number of amides is 1. The van der Waals surface area contributed by atoms with Gasteiger partial charge in [-0.25, -0.2) is 13.4 Å². The summed E-state index contributed by atoms with van der Waals surface area (Å²) in [5, 5.41) is 9.94. The van der Waals surface area contributed by atoms with Crippen molar-refractivity contribution in [3.8, 4) is 0 Å². The number of aromatic nitrogens is 1. The summed E-state index contributed by atoms with van der Waals surface area (Å²) in [6.07, 6.45) is 3.46. The van der Waals surface area contributed by atoms with Gasteiger partial charge in [-0.2, -0.15) is 4.72 Å². The fraction of sp³-hybridized carbons (Fsp3) is 0.562. The molecule has 2 aromatic heterocycles. The second kappa shape index (κ2) is 15.8. The number of rotatable bonds is 17. The fourth-order valence-electron chi connectivity index (χ4n) is 5.40. The molecule has 0 bridgehead atoms. The van der Waals surface area contributed by atoms with Crippen molar-refractivity contribution in [3.63, 3.8) is 0 Å². The van der Waals surface area contributed by atoms with Gasteiger partial charge in [0, 0.05) is 42.6 Å². The van der Waals surface area contributed by atoms with Crippen molar-refractivity contribution in [2.45, 2.75) is 83.7 Å². The van der Waals surface area contributed by atoms with Crippen LogP contribution < -0.4 is 10.0 Å². The third-order valence-corrected chi connectivity index (χ3v) is 10.5. The second-order valence-electron chi connectivity index (χ2n) is 12.5. The van der Waals surface area contributed by atoms with Gasteiger partial charge >= 0.3 is 0 Å². The minimum atomic E-state index is -3.95. The number of nitrogens with zero attached hydrogens (tertiary/aromatic N) is 3. The molecule has 2 atom stereocenters.